The highest BCUT2D eigenvalue weighted by Gasteiger charge is 2.15. The molecule has 0 heterocycles. The Morgan fingerprint density at radius 1 is 1.50 bits per heavy atom. The number of nitro benzene ring substituents is 1. The van der Waals surface area contributed by atoms with Crippen molar-refractivity contribution in [1.29, 1.82) is 0 Å². The molecule has 0 saturated carbocycles. The van der Waals surface area contributed by atoms with Crippen LogP contribution >= 0.6 is 27.5 Å². The van der Waals surface area contributed by atoms with Crippen LogP contribution in [0.1, 0.15) is 19.8 Å². The Labute approximate surface area is 120 Å². The van der Waals surface area contributed by atoms with Crippen molar-refractivity contribution in [1.82, 2.24) is 0 Å². The van der Waals surface area contributed by atoms with Gasteiger partial charge in [0.05, 0.1) is 11.5 Å². The van der Waals surface area contributed by atoms with Crippen molar-refractivity contribution in [2.24, 2.45) is 5.92 Å². The molecule has 100 valence electrons. The fraction of sp³-hybridized carbons (Fsp3) is 0.500. The molecule has 0 aliphatic carbocycles. The third-order valence-electron chi connectivity index (χ3n) is 2.59. The second kappa shape index (κ2) is 7.59. The van der Waals surface area contributed by atoms with Gasteiger partial charge in [-0.1, -0.05) is 34.5 Å². The third-order valence-corrected chi connectivity index (χ3v) is 3.28. The van der Waals surface area contributed by atoms with E-state index in [4.69, 9.17) is 16.3 Å². The van der Waals surface area contributed by atoms with Crippen LogP contribution in [-0.4, -0.2) is 16.9 Å². The maximum absolute atomic E-state index is 10.8. The van der Waals surface area contributed by atoms with Crippen LogP contribution in [0, 0.1) is 16.0 Å². The van der Waals surface area contributed by atoms with E-state index >= 15 is 0 Å². The first kappa shape index (κ1) is 15.2. The highest BCUT2D eigenvalue weighted by Crippen LogP contribution is 2.30. The lowest BCUT2D eigenvalue weighted by Crippen LogP contribution is -2.06. The minimum Gasteiger partial charge on any atom is -0.487 e. The molecular formula is C12H15BrClNO3. The molecule has 0 N–H and O–H groups in total. The first-order chi connectivity index (χ1) is 8.54. The second-order valence-corrected chi connectivity index (χ2v) is 5.32. The van der Waals surface area contributed by atoms with E-state index in [2.05, 4.69) is 22.9 Å². The largest absolute Gasteiger partial charge is 0.487 e. The van der Waals surface area contributed by atoms with Crippen molar-refractivity contribution in [3.8, 4) is 5.75 Å². The molecule has 0 amide bonds. The van der Waals surface area contributed by atoms with Crippen LogP contribution in [0.5, 0.6) is 5.75 Å². The molecule has 18 heavy (non-hydrogen) atoms. The summed E-state index contributed by atoms with van der Waals surface area (Å²) in [5, 5.41) is 12.2. The van der Waals surface area contributed by atoms with Crippen LogP contribution in [0.3, 0.4) is 0 Å². The summed E-state index contributed by atoms with van der Waals surface area (Å²) in [4.78, 5) is 10.3. The summed E-state index contributed by atoms with van der Waals surface area (Å²) in [5.74, 6) is 0.751. The highest BCUT2D eigenvalue weighted by atomic mass is 79.9. The number of hydrogen-bond donors (Lipinski definition) is 0. The zero-order valence-corrected chi connectivity index (χ0v) is 12.4. The molecule has 0 aromatic heterocycles. The Balaban J connectivity index is 2.60. The number of rotatable bonds is 7. The minimum atomic E-state index is -0.465. The van der Waals surface area contributed by atoms with Gasteiger partial charge in [0.1, 0.15) is 0 Å². The van der Waals surface area contributed by atoms with E-state index in [1.807, 2.05) is 0 Å². The molecule has 0 radical (unpaired) electrons. The summed E-state index contributed by atoms with van der Waals surface area (Å²) < 4.78 is 5.45. The van der Waals surface area contributed by atoms with Crippen molar-refractivity contribution in [3.63, 3.8) is 0 Å². The average molecular weight is 337 g/mol. The van der Waals surface area contributed by atoms with Crippen molar-refractivity contribution < 1.29 is 9.66 Å². The molecule has 1 atom stereocenters. The van der Waals surface area contributed by atoms with E-state index < -0.39 is 4.92 Å². The third kappa shape index (κ3) is 4.82. The second-order valence-electron chi connectivity index (χ2n) is 4.09. The molecule has 1 unspecified atom stereocenters. The molecule has 1 aromatic carbocycles. The van der Waals surface area contributed by atoms with E-state index in [1.54, 1.807) is 0 Å². The first-order valence-electron chi connectivity index (χ1n) is 5.67. The monoisotopic (exact) mass is 335 g/mol. The average Bonchev–Trinajstić information content (AvgIpc) is 2.29. The predicted octanol–water partition coefficient (Wildman–Crippen LogP) is 4.44. The molecule has 1 aromatic rings. The van der Waals surface area contributed by atoms with Crippen LogP contribution in [0.4, 0.5) is 5.69 Å². The van der Waals surface area contributed by atoms with Gasteiger partial charge in [-0.15, -0.1) is 0 Å². The molecule has 0 aliphatic rings. The van der Waals surface area contributed by atoms with Crippen molar-refractivity contribution in [2.45, 2.75) is 19.8 Å². The van der Waals surface area contributed by atoms with Gasteiger partial charge < -0.3 is 4.74 Å². The Kier molecular flexibility index (Phi) is 6.43. The molecular weight excluding hydrogens is 321 g/mol. The van der Waals surface area contributed by atoms with Gasteiger partial charge in [-0.05, 0) is 24.8 Å². The molecule has 0 fully saturated rings. The summed E-state index contributed by atoms with van der Waals surface area (Å²) in [6.07, 6.45) is 1.91. The molecule has 0 bridgehead atoms. The Hall–Kier alpha value is -0.810. The van der Waals surface area contributed by atoms with E-state index in [0.29, 0.717) is 17.5 Å². The maximum Gasteiger partial charge on any atom is 0.311 e. The molecule has 0 saturated heterocycles. The fourth-order valence-electron chi connectivity index (χ4n) is 1.46. The van der Waals surface area contributed by atoms with Crippen LogP contribution in [0.2, 0.25) is 5.02 Å². The van der Waals surface area contributed by atoms with Crippen molar-refractivity contribution >= 4 is 33.2 Å². The number of nitrogens with zero attached hydrogens (tertiary/aromatic N) is 1. The zero-order valence-electron chi connectivity index (χ0n) is 10.1. The number of hydrogen-bond acceptors (Lipinski definition) is 3. The maximum atomic E-state index is 10.8. The van der Waals surface area contributed by atoms with Gasteiger partial charge in [0.2, 0.25) is 0 Å². The zero-order chi connectivity index (χ0) is 13.5. The lowest BCUT2D eigenvalue weighted by molar-refractivity contribution is -0.385. The van der Waals surface area contributed by atoms with Gasteiger partial charge >= 0.3 is 5.69 Å². The van der Waals surface area contributed by atoms with E-state index in [1.165, 1.54) is 18.2 Å². The predicted molar refractivity (Wildman–Crippen MR) is 75.8 cm³/mol. The van der Waals surface area contributed by atoms with Gasteiger partial charge in [0.15, 0.2) is 5.75 Å². The summed E-state index contributed by atoms with van der Waals surface area (Å²) in [7, 11) is 0. The van der Waals surface area contributed by atoms with Gasteiger partial charge in [-0.3, -0.25) is 10.1 Å². The minimum absolute atomic E-state index is 0.0486. The first-order valence-corrected chi connectivity index (χ1v) is 7.17. The Morgan fingerprint density at radius 3 is 2.83 bits per heavy atom. The smallest absolute Gasteiger partial charge is 0.311 e. The topological polar surface area (TPSA) is 52.4 Å². The fourth-order valence-corrected chi connectivity index (χ4v) is 2.40. The number of nitro groups is 1. The van der Waals surface area contributed by atoms with Crippen molar-refractivity contribution in [2.75, 3.05) is 11.9 Å². The standard InChI is InChI=1S/C12H15BrClNO3/c1-9(4-6-13)5-7-18-12-8-10(14)2-3-11(12)15(16)17/h2-3,8-9H,4-7H2,1H3. The summed E-state index contributed by atoms with van der Waals surface area (Å²) in [5.41, 5.74) is -0.0486. The Bertz CT molecular complexity index is 414. The quantitative estimate of drug-likeness (QED) is 0.420. The van der Waals surface area contributed by atoms with E-state index in [0.717, 1.165) is 18.2 Å². The normalized spacial score (nSPS) is 12.2. The number of halogens is 2. The summed E-state index contributed by atoms with van der Waals surface area (Å²) >= 11 is 9.18. The van der Waals surface area contributed by atoms with Gasteiger partial charge in [-0.2, -0.15) is 0 Å². The highest BCUT2D eigenvalue weighted by molar-refractivity contribution is 9.09. The lowest BCUT2D eigenvalue weighted by Gasteiger charge is -2.11. The van der Waals surface area contributed by atoms with Crippen molar-refractivity contribution in [3.05, 3.63) is 33.3 Å². The van der Waals surface area contributed by atoms with Crippen LogP contribution in [0.15, 0.2) is 18.2 Å². The molecule has 1 rings (SSSR count). The lowest BCUT2D eigenvalue weighted by atomic mass is 10.1. The SMILES string of the molecule is CC(CCBr)CCOc1cc(Cl)ccc1[N+](=O)[O-]. The molecule has 4 nitrogen and oxygen atoms in total. The summed E-state index contributed by atoms with van der Waals surface area (Å²) in [6.45, 7) is 2.58. The van der Waals surface area contributed by atoms with Gasteiger partial charge in [-0.25, -0.2) is 0 Å². The van der Waals surface area contributed by atoms with E-state index in [-0.39, 0.29) is 11.4 Å². The molecule has 6 heteroatoms. The van der Waals surface area contributed by atoms with E-state index in [9.17, 15) is 10.1 Å². The van der Waals surface area contributed by atoms with Gasteiger partial charge in [0.25, 0.3) is 0 Å². The summed E-state index contributed by atoms with van der Waals surface area (Å²) in [6, 6.07) is 4.33. The van der Waals surface area contributed by atoms with Crippen LogP contribution in [0.25, 0.3) is 0 Å². The Morgan fingerprint density at radius 2 is 2.22 bits per heavy atom. The van der Waals surface area contributed by atoms with Gasteiger partial charge in [0, 0.05) is 22.5 Å². The molecule has 0 aliphatic heterocycles. The number of ether oxygens (including phenoxy) is 1. The van der Waals surface area contributed by atoms with Crippen LogP contribution < -0.4 is 4.74 Å². The number of alkyl halides is 1. The van der Waals surface area contributed by atoms with Crippen LogP contribution in [-0.2, 0) is 0 Å². The molecule has 0 spiro atoms. The number of benzene rings is 1.